The molecule has 2 aromatic rings. The molecule has 33 heavy (non-hydrogen) atoms. The maximum Gasteiger partial charge on any atom is 0.411 e. The predicted octanol–water partition coefficient (Wildman–Crippen LogP) is 0.715. The van der Waals surface area contributed by atoms with E-state index in [1.807, 2.05) is 11.4 Å². The molecule has 13 nitrogen and oxygen atoms in total. The van der Waals surface area contributed by atoms with Crippen LogP contribution in [0.15, 0.2) is 18.5 Å². The molecule has 0 spiro atoms. The van der Waals surface area contributed by atoms with Gasteiger partial charge in [-0.15, -0.1) is 10.2 Å². The number of hydrogen-bond acceptors (Lipinski definition) is 11. The second-order valence-electron chi connectivity index (χ2n) is 6.45. The number of ether oxygens (including phenoxy) is 2. The van der Waals surface area contributed by atoms with Crippen molar-refractivity contribution in [1.29, 1.82) is 5.26 Å². The highest BCUT2D eigenvalue weighted by Gasteiger charge is 2.20. The van der Waals surface area contributed by atoms with E-state index in [4.69, 9.17) is 14.7 Å². The van der Waals surface area contributed by atoms with E-state index in [1.54, 1.807) is 0 Å². The van der Waals surface area contributed by atoms with Gasteiger partial charge in [0, 0.05) is 19.2 Å². The molecule has 0 aromatic carbocycles. The Morgan fingerprint density at radius 1 is 1.21 bits per heavy atom. The molecule has 2 aromatic heterocycles. The maximum absolute atomic E-state index is 12.5. The van der Waals surface area contributed by atoms with Crippen molar-refractivity contribution in [3.05, 3.63) is 29.8 Å². The molecule has 1 saturated heterocycles. The quantitative estimate of drug-likeness (QED) is 0.472. The minimum Gasteiger partial charge on any atom is -0.428 e. The van der Waals surface area contributed by atoms with Crippen molar-refractivity contribution in [2.24, 2.45) is 0 Å². The second kappa shape index (κ2) is 11.4. The van der Waals surface area contributed by atoms with Gasteiger partial charge in [-0.3, -0.25) is 4.79 Å². The highest BCUT2D eigenvalue weighted by Crippen LogP contribution is 2.19. The molecule has 3 N–H and O–H groups in total. The van der Waals surface area contributed by atoms with Crippen LogP contribution in [-0.4, -0.2) is 83.1 Å². The number of anilines is 3. The van der Waals surface area contributed by atoms with Crippen molar-refractivity contribution in [3.63, 3.8) is 0 Å². The third kappa shape index (κ3) is 6.90. The van der Waals surface area contributed by atoms with Gasteiger partial charge in [0.1, 0.15) is 11.9 Å². The Kier molecular flexibility index (Phi) is 8.13. The molecule has 0 radical (unpaired) electrons. The molecule has 1 aliphatic heterocycles. The zero-order chi connectivity index (χ0) is 23.6. The fraction of sp³-hybridized carbons (Fsp3) is 0.389. The molecule has 3 heterocycles. The van der Waals surface area contributed by atoms with Crippen LogP contribution in [-0.2, 0) is 9.47 Å². The normalized spacial score (nSPS) is 13.2. The average molecular weight is 463 g/mol. The Bertz CT molecular complexity index is 1010. The van der Waals surface area contributed by atoms with Gasteiger partial charge in [-0.25, -0.2) is 23.5 Å². The number of hydrogen-bond donors (Lipinski definition) is 3. The number of halogens is 2. The van der Waals surface area contributed by atoms with Gasteiger partial charge in [-0.05, 0) is 0 Å². The van der Waals surface area contributed by atoms with Gasteiger partial charge in [0.2, 0.25) is 0 Å². The largest absolute Gasteiger partial charge is 0.428 e. The Balaban J connectivity index is 1.71. The first-order chi connectivity index (χ1) is 16.0. The molecule has 0 bridgehead atoms. The first kappa shape index (κ1) is 23.5. The number of nitrogens with zero attached hydrogens (tertiary/aromatic N) is 6. The van der Waals surface area contributed by atoms with Crippen LogP contribution >= 0.6 is 0 Å². The third-order valence-corrected chi connectivity index (χ3v) is 4.18. The van der Waals surface area contributed by atoms with Gasteiger partial charge in [0.15, 0.2) is 23.9 Å². The maximum atomic E-state index is 12.5. The summed E-state index contributed by atoms with van der Waals surface area (Å²) in [6.45, 7) is 0.379. The summed E-state index contributed by atoms with van der Waals surface area (Å²) in [6, 6.07) is 3.19. The summed E-state index contributed by atoms with van der Waals surface area (Å²) in [4.78, 5) is 33.7. The van der Waals surface area contributed by atoms with Gasteiger partial charge in [-0.2, -0.15) is 5.26 Å². The van der Waals surface area contributed by atoms with Gasteiger partial charge >= 0.3 is 6.09 Å². The fourth-order valence-electron chi connectivity index (χ4n) is 2.60. The summed E-state index contributed by atoms with van der Waals surface area (Å²) in [5.41, 5.74) is -0.104. The zero-order valence-corrected chi connectivity index (χ0v) is 17.1. The van der Waals surface area contributed by atoms with Crippen molar-refractivity contribution in [2.75, 3.05) is 50.2 Å². The lowest BCUT2D eigenvalue weighted by Gasteiger charge is -2.26. The van der Waals surface area contributed by atoms with Gasteiger partial charge in [-0.1, -0.05) is 0 Å². The van der Waals surface area contributed by atoms with Crippen molar-refractivity contribution in [1.82, 2.24) is 30.4 Å². The lowest BCUT2D eigenvalue weighted by atomic mass is 10.3. The summed E-state index contributed by atoms with van der Waals surface area (Å²) >= 11 is 0. The Hall–Kier alpha value is -4.19. The first-order valence-corrected chi connectivity index (χ1v) is 9.63. The van der Waals surface area contributed by atoms with Crippen LogP contribution in [0.4, 0.5) is 30.9 Å². The molecule has 0 unspecified atom stereocenters. The summed E-state index contributed by atoms with van der Waals surface area (Å²) < 4.78 is 35.2. The molecular formula is C18H19F2N9O4. The number of nitrogens with one attached hydrogen (secondary N) is 3. The van der Waals surface area contributed by atoms with Crippen molar-refractivity contribution in [2.45, 2.75) is 6.43 Å². The van der Waals surface area contributed by atoms with E-state index in [9.17, 15) is 18.4 Å². The highest BCUT2D eigenvalue weighted by molar-refractivity contribution is 5.97. The lowest BCUT2D eigenvalue weighted by Crippen LogP contribution is -2.41. The molecule has 0 aliphatic carbocycles. The van der Waals surface area contributed by atoms with Crippen LogP contribution in [0.3, 0.4) is 0 Å². The molecule has 2 amide bonds. The standard InChI is InChI=1S/C18H19F2N9O4/c19-13(20)8-24-17(30)16-12(25-10-33-18(31)29-1-3-32-4-2-29)5-14(27-28-16)26-15-9-22-11(6-21)7-23-15/h5,7,9,13H,1-4,8,10H2,(H,24,30)(H2,23,25,26,27). The van der Waals surface area contributed by atoms with Crippen LogP contribution in [0.2, 0.25) is 0 Å². The van der Waals surface area contributed by atoms with E-state index < -0.39 is 25.0 Å². The molecule has 174 valence electrons. The van der Waals surface area contributed by atoms with Crippen LogP contribution in [0.5, 0.6) is 0 Å². The summed E-state index contributed by atoms with van der Waals surface area (Å²) in [7, 11) is 0. The SMILES string of the molecule is N#Cc1cnc(Nc2cc(NCOC(=O)N3CCOCC3)c(C(=O)NCC(F)F)nn2)cn1. The van der Waals surface area contributed by atoms with Crippen molar-refractivity contribution in [3.8, 4) is 6.07 Å². The van der Waals surface area contributed by atoms with Crippen LogP contribution in [0.1, 0.15) is 16.2 Å². The molecule has 0 atom stereocenters. The number of rotatable bonds is 8. The Morgan fingerprint density at radius 3 is 2.67 bits per heavy atom. The Morgan fingerprint density at radius 2 is 2.00 bits per heavy atom. The summed E-state index contributed by atoms with van der Waals surface area (Å²) in [6.07, 6.45) is -0.793. The van der Waals surface area contributed by atoms with Gasteiger partial charge in [0.25, 0.3) is 12.3 Å². The van der Waals surface area contributed by atoms with Crippen LogP contribution in [0.25, 0.3) is 0 Å². The Labute approximate surface area is 186 Å². The minimum absolute atomic E-state index is 0.0654. The predicted molar refractivity (Wildman–Crippen MR) is 108 cm³/mol. The van der Waals surface area contributed by atoms with Crippen molar-refractivity contribution >= 4 is 29.3 Å². The molecule has 1 aliphatic rings. The average Bonchev–Trinajstić information content (AvgIpc) is 2.83. The van der Waals surface area contributed by atoms with E-state index in [0.29, 0.717) is 26.3 Å². The molecule has 15 heteroatoms. The molecule has 0 saturated carbocycles. The number of morpholine rings is 1. The number of carbonyl (C=O) groups is 2. The topological polar surface area (TPSA) is 167 Å². The van der Waals surface area contributed by atoms with Gasteiger partial charge < -0.3 is 30.3 Å². The van der Waals surface area contributed by atoms with Gasteiger partial charge in [0.05, 0.1) is 37.8 Å². The van der Waals surface area contributed by atoms with Crippen LogP contribution in [0, 0.1) is 11.3 Å². The lowest BCUT2D eigenvalue weighted by molar-refractivity contribution is 0.0291. The van der Waals surface area contributed by atoms with Crippen molar-refractivity contribution < 1.29 is 27.8 Å². The van der Waals surface area contributed by atoms with E-state index in [2.05, 4.69) is 30.8 Å². The number of carbonyl (C=O) groups excluding carboxylic acids is 2. The highest BCUT2D eigenvalue weighted by atomic mass is 19.3. The first-order valence-electron chi connectivity index (χ1n) is 9.63. The monoisotopic (exact) mass is 463 g/mol. The zero-order valence-electron chi connectivity index (χ0n) is 17.1. The van der Waals surface area contributed by atoms with E-state index >= 15 is 0 Å². The van der Waals surface area contributed by atoms with E-state index in [-0.39, 0.29) is 35.4 Å². The number of aromatic nitrogens is 4. The number of amides is 2. The third-order valence-electron chi connectivity index (χ3n) is 4.18. The summed E-state index contributed by atoms with van der Waals surface area (Å²) in [5.74, 6) is -0.529. The van der Waals surface area contributed by atoms with Crippen LogP contribution < -0.4 is 16.0 Å². The second-order valence-corrected chi connectivity index (χ2v) is 6.45. The number of nitriles is 1. The number of alkyl halides is 2. The molecule has 3 rings (SSSR count). The molecule has 1 fully saturated rings. The molecular weight excluding hydrogens is 444 g/mol. The van der Waals surface area contributed by atoms with E-state index in [0.717, 1.165) is 0 Å². The fourth-order valence-corrected chi connectivity index (χ4v) is 2.60. The minimum atomic E-state index is -2.75. The summed E-state index contributed by atoms with van der Waals surface area (Å²) in [5, 5.41) is 23.9. The smallest absolute Gasteiger partial charge is 0.411 e. The van der Waals surface area contributed by atoms with E-state index in [1.165, 1.54) is 23.4 Å².